The smallest absolute Gasteiger partial charge is 0.354 e. The molecule has 0 spiro atoms. The molecule has 0 aliphatic heterocycles. The van der Waals surface area contributed by atoms with Gasteiger partial charge in [-0.15, -0.1) is 0 Å². The second-order valence-corrected chi connectivity index (χ2v) is 5.90. The van der Waals surface area contributed by atoms with Crippen molar-refractivity contribution in [2.24, 2.45) is 0 Å². The number of sulfonamides is 1. The molecule has 110 valence electrons. The summed E-state index contributed by atoms with van der Waals surface area (Å²) in [6.07, 6.45) is 1.18. The lowest BCUT2D eigenvalue weighted by Gasteiger charge is -2.10. The highest BCUT2D eigenvalue weighted by Gasteiger charge is 2.18. The summed E-state index contributed by atoms with van der Waals surface area (Å²) in [5.41, 5.74) is 0.0205. The second kappa shape index (κ2) is 5.49. The molecular formula is C13H11FN2O4S. The van der Waals surface area contributed by atoms with E-state index in [0.717, 1.165) is 24.3 Å². The van der Waals surface area contributed by atoms with E-state index in [0.29, 0.717) is 0 Å². The maximum absolute atomic E-state index is 13.0. The lowest BCUT2D eigenvalue weighted by molar-refractivity contribution is 0.0690. The van der Waals surface area contributed by atoms with Crippen molar-refractivity contribution in [1.29, 1.82) is 0 Å². The van der Waals surface area contributed by atoms with Gasteiger partial charge in [0.25, 0.3) is 10.0 Å². The second-order valence-electron chi connectivity index (χ2n) is 4.25. The van der Waals surface area contributed by atoms with Crippen LogP contribution in [0.3, 0.4) is 0 Å². The summed E-state index contributed by atoms with van der Waals surface area (Å²) in [6, 6.07) is 5.70. The molecule has 0 aliphatic rings. The van der Waals surface area contributed by atoms with Crippen molar-refractivity contribution in [2.45, 2.75) is 11.8 Å². The molecule has 0 saturated carbocycles. The van der Waals surface area contributed by atoms with Crippen LogP contribution in [-0.2, 0) is 10.0 Å². The fraction of sp³-hybridized carbons (Fsp3) is 0.0769. The van der Waals surface area contributed by atoms with E-state index < -0.39 is 21.8 Å². The van der Waals surface area contributed by atoms with Crippen molar-refractivity contribution < 1.29 is 22.7 Å². The van der Waals surface area contributed by atoms with Gasteiger partial charge in [0.05, 0.1) is 10.6 Å². The molecule has 0 radical (unpaired) electrons. The highest BCUT2D eigenvalue weighted by molar-refractivity contribution is 7.92. The molecule has 0 bridgehead atoms. The molecule has 0 unspecified atom stereocenters. The van der Waals surface area contributed by atoms with E-state index in [1.54, 1.807) is 0 Å². The van der Waals surface area contributed by atoms with Crippen molar-refractivity contribution in [3.8, 4) is 0 Å². The third-order valence-corrected chi connectivity index (χ3v) is 4.20. The number of hydrogen-bond acceptors (Lipinski definition) is 4. The van der Waals surface area contributed by atoms with Crippen LogP contribution < -0.4 is 4.72 Å². The molecule has 0 aliphatic carbocycles. The Morgan fingerprint density at radius 1 is 1.29 bits per heavy atom. The molecule has 0 saturated heterocycles. The largest absolute Gasteiger partial charge is 0.477 e. The summed E-state index contributed by atoms with van der Waals surface area (Å²) >= 11 is 0. The first-order valence-corrected chi connectivity index (χ1v) is 7.26. The van der Waals surface area contributed by atoms with Crippen LogP contribution >= 0.6 is 0 Å². The van der Waals surface area contributed by atoms with E-state index in [4.69, 9.17) is 5.11 Å². The van der Waals surface area contributed by atoms with Crippen LogP contribution in [0.2, 0.25) is 0 Å². The van der Waals surface area contributed by atoms with Crippen LogP contribution in [0.5, 0.6) is 0 Å². The van der Waals surface area contributed by atoms with E-state index in [9.17, 15) is 17.6 Å². The van der Waals surface area contributed by atoms with E-state index in [1.807, 2.05) is 0 Å². The van der Waals surface area contributed by atoms with Crippen molar-refractivity contribution >= 4 is 21.7 Å². The standard InChI is InChI=1S/C13H11FN2O4S/c1-8-6-9(14)2-3-12(8)21(19,20)16-10-4-5-15-11(7-10)13(17)18/h2-7H,1H3,(H,15,16)(H,17,18). The molecular weight excluding hydrogens is 299 g/mol. The first kappa shape index (κ1) is 14.9. The Kier molecular flexibility index (Phi) is 3.90. The molecule has 1 aromatic carbocycles. The van der Waals surface area contributed by atoms with Gasteiger partial charge < -0.3 is 5.11 Å². The minimum Gasteiger partial charge on any atom is -0.477 e. The number of anilines is 1. The number of aromatic nitrogens is 1. The number of halogens is 1. The fourth-order valence-corrected chi connectivity index (χ4v) is 3.01. The summed E-state index contributed by atoms with van der Waals surface area (Å²) in [7, 11) is -3.94. The Morgan fingerprint density at radius 3 is 2.62 bits per heavy atom. The van der Waals surface area contributed by atoms with Gasteiger partial charge in [0.1, 0.15) is 11.5 Å². The molecule has 21 heavy (non-hydrogen) atoms. The minimum absolute atomic E-state index is 0.0612. The number of rotatable bonds is 4. The van der Waals surface area contributed by atoms with Crippen LogP contribution in [0.15, 0.2) is 41.4 Å². The number of pyridine rings is 1. The predicted octanol–water partition coefficient (Wildman–Crippen LogP) is 2.03. The Labute approximate surface area is 120 Å². The summed E-state index contributed by atoms with van der Waals surface area (Å²) < 4.78 is 39.7. The van der Waals surface area contributed by atoms with Crippen LogP contribution in [0, 0.1) is 12.7 Å². The summed E-state index contributed by atoms with van der Waals surface area (Å²) in [4.78, 5) is 14.3. The molecule has 0 fully saturated rings. The Morgan fingerprint density at radius 2 is 2.00 bits per heavy atom. The van der Waals surface area contributed by atoms with E-state index in [-0.39, 0.29) is 21.8 Å². The Bertz CT molecular complexity index is 806. The van der Waals surface area contributed by atoms with E-state index in [1.165, 1.54) is 19.2 Å². The summed E-state index contributed by atoms with van der Waals surface area (Å²) in [5.74, 6) is -1.81. The summed E-state index contributed by atoms with van der Waals surface area (Å²) in [5, 5.41) is 8.82. The van der Waals surface area contributed by atoms with Gasteiger partial charge in [-0.3, -0.25) is 4.72 Å². The lowest BCUT2D eigenvalue weighted by Crippen LogP contribution is -2.15. The predicted molar refractivity (Wildman–Crippen MR) is 73.1 cm³/mol. The molecule has 2 rings (SSSR count). The first-order valence-electron chi connectivity index (χ1n) is 5.78. The molecule has 8 heteroatoms. The van der Waals surface area contributed by atoms with Crippen LogP contribution in [0.1, 0.15) is 16.1 Å². The number of nitrogens with one attached hydrogen (secondary N) is 1. The number of nitrogens with zero attached hydrogens (tertiary/aromatic N) is 1. The number of carboxylic acids is 1. The quantitative estimate of drug-likeness (QED) is 0.900. The number of carboxylic acid groups (broad SMARTS) is 1. The van der Waals surface area contributed by atoms with Gasteiger partial charge >= 0.3 is 5.97 Å². The average Bonchev–Trinajstić information content (AvgIpc) is 2.37. The van der Waals surface area contributed by atoms with Crippen LogP contribution in [0.4, 0.5) is 10.1 Å². The third kappa shape index (κ3) is 3.34. The summed E-state index contributed by atoms with van der Waals surface area (Å²) in [6.45, 7) is 1.47. The first-order chi connectivity index (χ1) is 9.79. The maximum Gasteiger partial charge on any atom is 0.354 e. The number of aromatic carboxylic acids is 1. The van der Waals surface area contributed by atoms with Crippen molar-refractivity contribution in [1.82, 2.24) is 4.98 Å². The number of hydrogen-bond donors (Lipinski definition) is 2. The average molecular weight is 310 g/mol. The zero-order chi connectivity index (χ0) is 15.6. The van der Waals surface area contributed by atoms with Gasteiger partial charge in [0, 0.05) is 6.20 Å². The highest BCUT2D eigenvalue weighted by atomic mass is 32.2. The molecule has 0 amide bonds. The van der Waals surface area contributed by atoms with Crippen molar-refractivity contribution in [3.63, 3.8) is 0 Å². The third-order valence-electron chi connectivity index (χ3n) is 2.66. The van der Waals surface area contributed by atoms with E-state index >= 15 is 0 Å². The zero-order valence-electron chi connectivity index (χ0n) is 10.9. The monoisotopic (exact) mass is 310 g/mol. The normalized spacial score (nSPS) is 11.1. The fourth-order valence-electron chi connectivity index (χ4n) is 1.74. The number of benzene rings is 1. The number of aryl methyl sites for hydroxylation is 1. The van der Waals surface area contributed by atoms with Gasteiger partial charge in [-0.05, 0) is 42.8 Å². The topological polar surface area (TPSA) is 96.4 Å². The zero-order valence-corrected chi connectivity index (χ0v) is 11.7. The van der Waals surface area contributed by atoms with Gasteiger partial charge in [0.15, 0.2) is 0 Å². The van der Waals surface area contributed by atoms with Crippen LogP contribution in [-0.4, -0.2) is 24.5 Å². The molecule has 1 aromatic heterocycles. The van der Waals surface area contributed by atoms with Crippen LogP contribution in [0.25, 0.3) is 0 Å². The SMILES string of the molecule is Cc1cc(F)ccc1S(=O)(=O)Nc1ccnc(C(=O)O)c1. The van der Waals surface area contributed by atoms with Gasteiger partial charge in [-0.25, -0.2) is 22.6 Å². The molecule has 1 heterocycles. The Hall–Kier alpha value is -2.48. The van der Waals surface area contributed by atoms with Gasteiger partial charge in [0.2, 0.25) is 0 Å². The van der Waals surface area contributed by atoms with Gasteiger partial charge in [-0.1, -0.05) is 0 Å². The van der Waals surface area contributed by atoms with E-state index in [2.05, 4.69) is 9.71 Å². The van der Waals surface area contributed by atoms with Gasteiger partial charge in [-0.2, -0.15) is 0 Å². The number of carbonyl (C=O) groups is 1. The highest BCUT2D eigenvalue weighted by Crippen LogP contribution is 2.20. The Balaban J connectivity index is 2.37. The molecule has 0 atom stereocenters. The lowest BCUT2D eigenvalue weighted by atomic mass is 10.2. The molecule has 2 aromatic rings. The molecule has 6 nitrogen and oxygen atoms in total. The minimum atomic E-state index is -3.94. The van der Waals surface area contributed by atoms with Crippen molar-refractivity contribution in [3.05, 3.63) is 53.6 Å². The van der Waals surface area contributed by atoms with Crippen molar-refractivity contribution in [2.75, 3.05) is 4.72 Å². The molecule has 2 N–H and O–H groups in total. The maximum atomic E-state index is 13.0.